The zero-order valence-corrected chi connectivity index (χ0v) is 11.5. The minimum absolute atomic E-state index is 0.201. The first-order valence-corrected chi connectivity index (χ1v) is 6.82. The van der Waals surface area contributed by atoms with Gasteiger partial charge in [0.05, 0.1) is 6.04 Å². The fraction of sp³-hybridized carbons (Fsp3) is 0.846. The van der Waals surface area contributed by atoms with Gasteiger partial charge in [0.1, 0.15) is 5.60 Å². The molecule has 2 heterocycles. The Kier molecular flexibility index (Phi) is 4.35. The number of rotatable bonds is 4. The number of ether oxygens (including phenoxy) is 1. The highest BCUT2D eigenvalue weighted by molar-refractivity contribution is 5.01. The summed E-state index contributed by atoms with van der Waals surface area (Å²) in [5.74, 6) is 1.34. The second kappa shape index (κ2) is 5.80. The molecule has 1 aromatic rings. The van der Waals surface area contributed by atoms with Gasteiger partial charge in [0, 0.05) is 7.11 Å². The van der Waals surface area contributed by atoms with Crippen LogP contribution in [-0.4, -0.2) is 23.8 Å². The van der Waals surface area contributed by atoms with Crippen LogP contribution in [0.2, 0.25) is 0 Å². The molecule has 1 N–H and O–H groups in total. The molecule has 0 spiro atoms. The zero-order valence-electron chi connectivity index (χ0n) is 11.5. The molecule has 18 heavy (non-hydrogen) atoms. The number of methoxy groups -OCH3 is 1. The van der Waals surface area contributed by atoms with E-state index in [2.05, 4.69) is 22.4 Å². The molecule has 0 aromatic carbocycles. The van der Waals surface area contributed by atoms with Crippen LogP contribution < -0.4 is 5.32 Å². The summed E-state index contributed by atoms with van der Waals surface area (Å²) in [4.78, 5) is 4.52. The molecule has 0 bridgehead atoms. The van der Waals surface area contributed by atoms with Crippen LogP contribution in [0.3, 0.4) is 0 Å². The molecule has 2 rings (SSSR count). The molecular formula is C13H23N3O2. The van der Waals surface area contributed by atoms with Gasteiger partial charge in [-0.2, -0.15) is 4.98 Å². The van der Waals surface area contributed by atoms with Crippen LogP contribution in [0.4, 0.5) is 0 Å². The van der Waals surface area contributed by atoms with Crippen LogP contribution in [0.15, 0.2) is 4.52 Å². The Bertz CT molecular complexity index is 366. The van der Waals surface area contributed by atoms with Gasteiger partial charge in [0.2, 0.25) is 11.7 Å². The fourth-order valence-electron chi connectivity index (χ4n) is 2.22. The molecular weight excluding hydrogens is 230 g/mol. The van der Waals surface area contributed by atoms with Crippen molar-refractivity contribution in [3.05, 3.63) is 11.7 Å². The van der Waals surface area contributed by atoms with Crippen LogP contribution in [-0.2, 0) is 10.3 Å². The molecule has 0 amide bonds. The number of hydrogen-bond donors (Lipinski definition) is 1. The van der Waals surface area contributed by atoms with Gasteiger partial charge in [-0.05, 0) is 32.7 Å². The van der Waals surface area contributed by atoms with Gasteiger partial charge < -0.3 is 14.6 Å². The maximum atomic E-state index is 5.49. The molecule has 0 aliphatic carbocycles. The first-order valence-electron chi connectivity index (χ1n) is 6.82. The van der Waals surface area contributed by atoms with Gasteiger partial charge in [0.15, 0.2) is 0 Å². The van der Waals surface area contributed by atoms with Crippen molar-refractivity contribution in [3.63, 3.8) is 0 Å². The minimum atomic E-state index is -0.452. The van der Waals surface area contributed by atoms with Crippen molar-refractivity contribution in [2.45, 2.75) is 57.6 Å². The molecule has 1 aliphatic rings. The molecule has 2 atom stereocenters. The first kappa shape index (κ1) is 13.5. The fourth-order valence-corrected chi connectivity index (χ4v) is 2.22. The predicted octanol–water partition coefficient (Wildman–Crippen LogP) is 2.55. The summed E-state index contributed by atoms with van der Waals surface area (Å²) in [7, 11) is 1.68. The standard InChI is InChI=1S/C13H23N3O2/c1-4-13(2,17-3)12-15-11(18-16-12)10-8-6-5-7-9-14-10/h10,14H,4-9H2,1-3H3. The Morgan fingerprint density at radius 3 is 3.00 bits per heavy atom. The number of aromatic nitrogens is 2. The van der Waals surface area contributed by atoms with Gasteiger partial charge in [-0.3, -0.25) is 0 Å². The number of nitrogens with one attached hydrogen (secondary N) is 1. The van der Waals surface area contributed by atoms with E-state index in [-0.39, 0.29) is 6.04 Å². The summed E-state index contributed by atoms with van der Waals surface area (Å²) in [6, 6.07) is 0.201. The zero-order chi connectivity index (χ0) is 13.0. The molecule has 1 saturated heterocycles. The third kappa shape index (κ3) is 2.72. The Labute approximate surface area is 108 Å². The number of nitrogens with zero attached hydrogens (tertiary/aromatic N) is 2. The van der Waals surface area contributed by atoms with E-state index < -0.39 is 5.60 Å². The van der Waals surface area contributed by atoms with Gasteiger partial charge >= 0.3 is 0 Å². The molecule has 1 fully saturated rings. The highest BCUT2D eigenvalue weighted by atomic mass is 16.5. The van der Waals surface area contributed by atoms with Gasteiger partial charge in [-0.25, -0.2) is 0 Å². The van der Waals surface area contributed by atoms with Crippen molar-refractivity contribution >= 4 is 0 Å². The molecule has 1 aliphatic heterocycles. The van der Waals surface area contributed by atoms with Crippen LogP contribution >= 0.6 is 0 Å². The van der Waals surface area contributed by atoms with Crippen LogP contribution in [0.1, 0.15) is 63.7 Å². The van der Waals surface area contributed by atoms with E-state index in [4.69, 9.17) is 9.26 Å². The highest BCUT2D eigenvalue weighted by Crippen LogP contribution is 2.28. The third-order valence-electron chi connectivity index (χ3n) is 3.90. The van der Waals surface area contributed by atoms with Gasteiger partial charge in [0.25, 0.3) is 0 Å². The Morgan fingerprint density at radius 1 is 1.44 bits per heavy atom. The maximum absolute atomic E-state index is 5.49. The van der Waals surface area contributed by atoms with Crippen molar-refractivity contribution in [2.75, 3.05) is 13.7 Å². The van der Waals surface area contributed by atoms with Crippen molar-refractivity contribution in [1.82, 2.24) is 15.5 Å². The van der Waals surface area contributed by atoms with Crippen LogP contribution in [0.5, 0.6) is 0 Å². The lowest BCUT2D eigenvalue weighted by Gasteiger charge is -2.21. The summed E-state index contributed by atoms with van der Waals surface area (Å²) in [6.45, 7) is 5.07. The van der Waals surface area contributed by atoms with Crippen molar-refractivity contribution in [1.29, 1.82) is 0 Å². The van der Waals surface area contributed by atoms with E-state index >= 15 is 0 Å². The smallest absolute Gasteiger partial charge is 0.243 e. The normalized spacial score (nSPS) is 24.5. The van der Waals surface area contributed by atoms with E-state index in [1.807, 2.05) is 6.92 Å². The Hall–Kier alpha value is -0.940. The molecule has 0 radical (unpaired) electrons. The third-order valence-corrected chi connectivity index (χ3v) is 3.90. The van der Waals surface area contributed by atoms with E-state index in [1.54, 1.807) is 7.11 Å². The lowest BCUT2D eigenvalue weighted by Crippen LogP contribution is -2.25. The molecule has 5 heteroatoms. The number of hydrogen-bond acceptors (Lipinski definition) is 5. The summed E-state index contributed by atoms with van der Waals surface area (Å²) in [6.07, 6.45) is 5.60. The van der Waals surface area contributed by atoms with Crippen molar-refractivity contribution in [3.8, 4) is 0 Å². The Balaban J connectivity index is 2.13. The predicted molar refractivity (Wildman–Crippen MR) is 68.2 cm³/mol. The molecule has 0 saturated carbocycles. The quantitative estimate of drug-likeness (QED) is 0.893. The van der Waals surface area contributed by atoms with Crippen molar-refractivity contribution < 1.29 is 9.26 Å². The lowest BCUT2D eigenvalue weighted by atomic mass is 10.0. The molecule has 5 nitrogen and oxygen atoms in total. The Morgan fingerprint density at radius 2 is 2.28 bits per heavy atom. The van der Waals surface area contributed by atoms with Crippen molar-refractivity contribution in [2.24, 2.45) is 0 Å². The average molecular weight is 253 g/mol. The van der Waals surface area contributed by atoms with Gasteiger partial charge in [-0.1, -0.05) is 24.9 Å². The molecule has 102 valence electrons. The topological polar surface area (TPSA) is 60.2 Å². The van der Waals surface area contributed by atoms with E-state index in [0.717, 1.165) is 19.4 Å². The lowest BCUT2D eigenvalue weighted by molar-refractivity contribution is -0.0106. The second-order valence-corrected chi connectivity index (χ2v) is 5.10. The SMILES string of the molecule is CCC(C)(OC)c1noc(C2CCCCCN2)n1. The van der Waals surface area contributed by atoms with Gasteiger partial charge in [-0.15, -0.1) is 0 Å². The summed E-state index contributed by atoms with van der Waals surface area (Å²) < 4.78 is 10.9. The van der Waals surface area contributed by atoms with Crippen LogP contribution in [0.25, 0.3) is 0 Å². The maximum Gasteiger partial charge on any atom is 0.243 e. The van der Waals surface area contributed by atoms with E-state index in [0.29, 0.717) is 11.7 Å². The van der Waals surface area contributed by atoms with E-state index in [9.17, 15) is 0 Å². The largest absolute Gasteiger partial charge is 0.370 e. The first-order chi connectivity index (χ1) is 8.69. The monoisotopic (exact) mass is 253 g/mol. The summed E-state index contributed by atoms with van der Waals surface area (Å²) in [5, 5.41) is 7.55. The van der Waals surface area contributed by atoms with E-state index in [1.165, 1.54) is 19.3 Å². The summed E-state index contributed by atoms with van der Waals surface area (Å²) in [5.41, 5.74) is -0.452. The average Bonchev–Trinajstić information content (AvgIpc) is 2.75. The molecule has 1 aromatic heterocycles. The second-order valence-electron chi connectivity index (χ2n) is 5.10. The highest BCUT2D eigenvalue weighted by Gasteiger charge is 2.31. The summed E-state index contributed by atoms with van der Waals surface area (Å²) >= 11 is 0. The minimum Gasteiger partial charge on any atom is -0.370 e. The molecule has 2 unspecified atom stereocenters. The van der Waals surface area contributed by atoms with Crippen LogP contribution in [0, 0.1) is 0 Å².